The molecule has 0 unspecified atom stereocenters. The third-order valence-corrected chi connectivity index (χ3v) is 7.47. The van der Waals surface area contributed by atoms with Gasteiger partial charge < -0.3 is 19.8 Å². The summed E-state index contributed by atoms with van der Waals surface area (Å²) < 4.78 is 0. The quantitative estimate of drug-likeness (QED) is 0.0646. The van der Waals surface area contributed by atoms with Crippen LogP contribution in [0.4, 0.5) is 0 Å². The Balaban J connectivity index is -0.000000651. The van der Waals surface area contributed by atoms with E-state index in [1.807, 2.05) is 0 Å². The van der Waals surface area contributed by atoms with Gasteiger partial charge in [0.05, 0.1) is 0 Å². The average molecular weight is 563 g/mol. The molecule has 228 valence electrons. The van der Waals surface area contributed by atoms with Crippen molar-refractivity contribution in [3.8, 4) is 0 Å². The van der Waals surface area contributed by atoms with Gasteiger partial charge in [-0.3, -0.25) is 0 Å². The Morgan fingerprint density at radius 3 is 0.641 bits per heavy atom. The van der Waals surface area contributed by atoms with E-state index < -0.39 is 11.9 Å². The van der Waals surface area contributed by atoms with Crippen molar-refractivity contribution in [3.05, 3.63) is 0 Å². The summed E-state index contributed by atoms with van der Waals surface area (Å²) in [5.41, 5.74) is 0. The molecule has 0 saturated carbocycles. The summed E-state index contributed by atoms with van der Waals surface area (Å²) in [6, 6.07) is 0. The average Bonchev–Trinajstić information content (AvgIpc) is 2.89. The fraction of sp³-hybridized carbons (Fsp3) is 0.941. The fourth-order valence-electron chi connectivity index (χ4n) is 4.93. The summed E-state index contributed by atoms with van der Waals surface area (Å²) in [4.78, 5) is 20.4. The Morgan fingerprint density at radius 1 is 0.333 bits per heavy atom. The van der Waals surface area contributed by atoms with Gasteiger partial charge >= 0.3 is 23.1 Å². The zero-order chi connectivity index (χ0) is 28.4. The summed E-state index contributed by atoms with van der Waals surface area (Å²) in [6.45, 7) is 4.52. The summed E-state index contributed by atoms with van der Waals surface area (Å²) in [7, 11) is 0. The van der Waals surface area contributed by atoms with Crippen molar-refractivity contribution >= 4 is 35.0 Å². The van der Waals surface area contributed by atoms with E-state index in [2.05, 4.69) is 13.8 Å². The third-order valence-electron chi connectivity index (χ3n) is 7.47. The normalized spacial score (nSPS) is 10.5. The van der Waals surface area contributed by atoms with Crippen molar-refractivity contribution < 1.29 is 19.8 Å². The molecule has 0 aromatic carbocycles. The summed E-state index contributed by atoms with van der Waals surface area (Å²) in [5, 5.41) is 20.4. The number of rotatable bonds is 30. The maximum absolute atomic E-state index is 10.2. The Morgan fingerprint density at radius 2 is 0.487 bits per heavy atom. The zero-order valence-corrected chi connectivity index (χ0v) is 28.0. The van der Waals surface area contributed by atoms with E-state index in [-0.39, 0.29) is 35.9 Å². The summed E-state index contributed by atoms with van der Waals surface area (Å²) >= 11 is 0. The van der Waals surface area contributed by atoms with Crippen LogP contribution in [0.15, 0.2) is 0 Å². The van der Waals surface area contributed by atoms with Crippen molar-refractivity contribution in [3.63, 3.8) is 0 Å². The van der Waals surface area contributed by atoms with Crippen molar-refractivity contribution in [2.75, 3.05) is 0 Å². The number of aliphatic carboxylic acids is 2. The minimum absolute atomic E-state index is 0. The largest absolute Gasteiger partial charge is 2.00 e. The van der Waals surface area contributed by atoms with Crippen LogP contribution < -0.4 is 10.2 Å². The first-order valence-corrected chi connectivity index (χ1v) is 16.9. The van der Waals surface area contributed by atoms with Gasteiger partial charge in [-0.05, 0) is 25.7 Å². The predicted octanol–water partition coefficient (Wildman–Crippen LogP) is 8.83. The molecular formula is C34H66MgO4. The monoisotopic (exact) mass is 562 g/mol. The summed E-state index contributed by atoms with van der Waals surface area (Å²) in [6.07, 6.45) is 36.8. The van der Waals surface area contributed by atoms with Crippen molar-refractivity contribution in [2.45, 2.75) is 206 Å². The van der Waals surface area contributed by atoms with Crippen molar-refractivity contribution in [1.29, 1.82) is 0 Å². The maximum Gasteiger partial charge on any atom is 2.00 e. The van der Waals surface area contributed by atoms with E-state index in [4.69, 9.17) is 0 Å². The van der Waals surface area contributed by atoms with Crippen LogP contribution in [0.25, 0.3) is 0 Å². The number of carboxylic acid groups (broad SMARTS) is 2. The van der Waals surface area contributed by atoms with Crippen LogP contribution in [0.3, 0.4) is 0 Å². The molecule has 0 aliphatic rings. The smallest absolute Gasteiger partial charge is 0.550 e. The molecule has 0 aliphatic carbocycles. The molecule has 0 amide bonds. The Bertz CT molecular complexity index is 470. The van der Waals surface area contributed by atoms with Crippen molar-refractivity contribution in [2.24, 2.45) is 0 Å². The number of carbonyl (C=O) groups is 2. The van der Waals surface area contributed by atoms with E-state index in [9.17, 15) is 19.8 Å². The molecule has 0 fully saturated rings. The molecule has 0 spiro atoms. The van der Waals surface area contributed by atoms with Gasteiger partial charge in [-0.1, -0.05) is 181 Å². The Labute approximate surface area is 260 Å². The number of unbranched alkanes of at least 4 members (excludes halogenated alkanes) is 26. The summed E-state index contributed by atoms with van der Waals surface area (Å²) in [5.74, 6) is -1.81. The van der Waals surface area contributed by atoms with E-state index in [1.54, 1.807) is 0 Å². The molecule has 0 heterocycles. The van der Waals surface area contributed by atoms with E-state index in [1.165, 1.54) is 154 Å². The molecule has 0 saturated heterocycles. The number of hydrogen-bond acceptors (Lipinski definition) is 4. The van der Waals surface area contributed by atoms with E-state index >= 15 is 0 Å². The first-order valence-electron chi connectivity index (χ1n) is 16.9. The molecular weight excluding hydrogens is 497 g/mol. The molecule has 39 heavy (non-hydrogen) atoms. The zero-order valence-electron chi connectivity index (χ0n) is 26.6. The standard InChI is InChI=1S/C18H36O2.C16H32O2.Mg/c1-2-3-4-5-6-7-8-9-10-11-12-13-14-15-16-17-18(19)20;1-2-3-4-5-6-7-8-9-10-11-12-13-14-15-16(17)18;/h2-17H2,1H3,(H,19,20);2-15H2,1H3,(H,17,18);/q;;+2/p-2. The van der Waals surface area contributed by atoms with Gasteiger partial charge in [0.15, 0.2) is 0 Å². The van der Waals surface area contributed by atoms with Gasteiger partial charge in [-0.2, -0.15) is 0 Å². The third kappa shape index (κ3) is 47.8. The van der Waals surface area contributed by atoms with Gasteiger partial charge in [0.1, 0.15) is 0 Å². The molecule has 0 radical (unpaired) electrons. The van der Waals surface area contributed by atoms with Gasteiger partial charge in [-0.15, -0.1) is 0 Å². The Kier molecular flexibility index (Phi) is 44.1. The second-order valence-corrected chi connectivity index (χ2v) is 11.4. The van der Waals surface area contributed by atoms with Gasteiger partial charge in [0.2, 0.25) is 0 Å². The van der Waals surface area contributed by atoms with Crippen LogP contribution in [0.5, 0.6) is 0 Å². The first kappa shape index (κ1) is 43.2. The van der Waals surface area contributed by atoms with Crippen LogP contribution >= 0.6 is 0 Å². The molecule has 0 aliphatic heterocycles. The van der Waals surface area contributed by atoms with Gasteiger partial charge in [-0.25, -0.2) is 0 Å². The number of carbonyl (C=O) groups excluding carboxylic acids is 2. The molecule has 0 bridgehead atoms. The molecule has 0 rings (SSSR count). The number of hydrogen-bond donors (Lipinski definition) is 0. The van der Waals surface area contributed by atoms with Crippen LogP contribution in [0, 0.1) is 0 Å². The van der Waals surface area contributed by atoms with Gasteiger partial charge in [0, 0.05) is 11.9 Å². The molecule has 4 nitrogen and oxygen atoms in total. The molecule has 0 atom stereocenters. The Hall–Kier alpha value is -0.294. The maximum atomic E-state index is 10.2. The molecule has 0 aromatic rings. The molecule has 5 heteroatoms. The fourth-order valence-corrected chi connectivity index (χ4v) is 4.93. The van der Waals surface area contributed by atoms with E-state index in [0.717, 1.165) is 25.7 Å². The van der Waals surface area contributed by atoms with Crippen molar-refractivity contribution in [1.82, 2.24) is 0 Å². The van der Waals surface area contributed by atoms with Crippen LogP contribution in [0.1, 0.15) is 206 Å². The SMILES string of the molecule is CCCCCCCCCCCCCCCC(=O)[O-].CCCCCCCCCCCCCCCCCC(=O)[O-].[Mg+2]. The second-order valence-electron chi connectivity index (χ2n) is 11.4. The second kappa shape index (κ2) is 39.8. The van der Waals surface area contributed by atoms with Crippen LogP contribution in [-0.4, -0.2) is 35.0 Å². The molecule has 0 aromatic heterocycles. The predicted molar refractivity (Wildman–Crippen MR) is 166 cm³/mol. The topological polar surface area (TPSA) is 80.3 Å². The van der Waals surface area contributed by atoms with Gasteiger partial charge in [0.25, 0.3) is 0 Å². The van der Waals surface area contributed by atoms with Crippen LogP contribution in [0.2, 0.25) is 0 Å². The van der Waals surface area contributed by atoms with Crippen LogP contribution in [-0.2, 0) is 9.59 Å². The van der Waals surface area contributed by atoms with E-state index in [0.29, 0.717) is 0 Å². The first-order chi connectivity index (χ1) is 18.5. The molecule has 0 N–H and O–H groups in total. The minimum Gasteiger partial charge on any atom is -0.550 e. The number of carboxylic acids is 2. The minimum atomic E-state index is -0.905.